The smallest absolute Gasteiger partial charge is 0.254 e. The van der Waals surface area contributed by atoms with Gasteiger partial charge in [0.2, 0.25) is 10.0 Å². The van der Waals surface area contributed by atoms with Gasteiger partial charge >= 0.3 is 0 Å². The number of nitrogens with two attached hydrogens (primary N) is 1. The maximum atomic E-state index is 13.7. The standard InChI is InChI=1S/C13H16F2N2O3S/c1-7-2-3-8(4-7)17-13(18)9-5-12(21(16,19)20)11(15)6-10(9)14/h5-8H,2-4H2,1H3,(H,17,18)(H2,16,19,20). The Kier molecular flexibility index (Phi) is 4.29. The summed E-state index contributed by atoms with van der Waals surface area (Å²) in [4.78, 5) is 11.1. The fraction of sp³-hybridized carbons (Fsp3) is 0.462. The van der Waals surface area contributed by atoms with Gasteiger partial charge in [-0.3, -0.25) is 4.79 Å². The Morgan fingerprint density at radius 1 is 1.29 bits per heavy atom. The molecule has 2 unspecified atom stereocenters. The van der Waals surface area contributed by atoms with Gasteiger partial charge in [-0.2, -0.15) is 0 Å². The van der Waals surface area contributed by atoms with Crippen LogP contribution >= 0.6 is 0 Å². The number of halogens is 2. The van der Waals surface area contributed by atoms with Crippen LogP contribution in [0.1, 0.15) is 36.5 Å². The molecule has 2 rings (SSSR count). The van der Waals surface area contributed by atoms with Gasteiger partial charge in [0.15, 0.2) is 0 Å². The summed E-state index contributed by atoms with van der Waals surface area (Å²) < 4.78 is 49.5. The van der Waals surface area contributed by atoms with E-state index in [0.717, 1.165) is 19.3 Å². The molecule has 1 saturated carbocycles. The maximum Gasteiger partial charge on any atom is 0.254 e. The summed E-state index contributed by atoms with van der Waals surface area (Å²) in [6.45, 7) is 2.05. The molecule has 2 atom stereocenters. The Balaban J connectivity index is 2.29. The number of benzene rings is 1. The Hall–Kier alpha value is -1.54. The number of hydrogen-bond donors (Lipinski definition) is 2. The molecule has 116 valence electrons. The summed E-state index contributed by atoms with van der Waals surface area (Å²) in [5.41, 5.74) is -0.528. The van der Waals surface area contributed by atoms with Gasteiger partial charge in [0.05, 0.1) is 5.56 Å². The van der Waals surface area contributed by atoms with Gasteiger partial charge in [0.1, 0.15) is 16.5 Å². The van der Waals surface area contributed by atoms with Crippen molar-refractivity contribution in [1.82, 2.24) is 5.32 Å². The fourth-order valence-electron chi connectivity index (χ4n) is 2.52. The molecule has 1 aliphatic rings. The van der Waals surface area contributed by atoms with Crippen LogP contribution < -0.4 is 10.5 Å². The van der Waals surface area contributed by atoms with Crippen LogP contribution in [-0.4, -0.2) is 20.4 Å². The Morgan fingerprint density at radius 2 is 1.95 bits per heavy atom. The molecule has 5 nitrogen and oxygen atoms in total. The number of rotatable bonds is 3. The molecule has 0 spiro atoms. The van der Waals surface area contributed by atoms with E-state index in [0.29, 0.717) is 18.1 Å². The van der Waals surface area contributed by atoms with Gasteiger partial charge in [-0.15, -0.1) is 0 Å². The van der Waals surface area contributed by atoms with Gasteiger partial charge in [-0.1, -0.05) is 6.92 Å². The van der Waals surface area contributed by atoms with E-state index in [2.05, 4.69) is 5.32 Å². The molecule has 1 aliphatic carbocycles. The molecular weight excluding hydrogens is 302 g/mol. The summed E-state index contributed by atoms with van der Waals surface area (Å²) in [6, 6.07) is 0.898. The number of hydrogen-bond acceptors (Lipinski definition) is 3. The fourth-order valence-corrected chi connectivity index (χ4v) is 3.14. The third kappa shape index (κ3) is 3.56. The summed E-state index contributed by atoms with van der Waals surface area (Å²) in [5.74, 6) is -2.74. The highest BCUT2D eigenvalue weighted by Crippen LogP contribution is 2.25. The van der Waals surface area contributed by atoms with Gasteiger partial charge in [0, 0.05) is 12.1 Å². The lowest BCUT2D eigenvalue weighted by molar-refractivity contribution is 0.0933. The molecule has 0 radical (unpaired) electrons. The van der Waals surface area contributed by atoms with E-state index in [1.165, 1.54) is 0 Å². The highest BCUT2D eigenvalue weighted by Gasteiger charge is 2.26. The molecule has 0 aliphatic heterocycles. The molecule has 0 saturated heterocycles. The third-order valence-corrected chi connectivity index (χ3v) is 4.53. The van der Waals surface area contributed by atoms with E-state index in [1.54, 1.807) is 0 Å². The second-order valence-corrected chi connectivity index (χ2v) is 6.93. The Bertz CT molecular complexity index is 676. The first-order chi connectivity index (χ1) is 9.68. The van der Waals surface area contributed by atoms with Crippen LogP contribution in [0.4, 0.5) is 8.78 Å². The van der Waals surface area contributed by atoms with Crippen LogP contribution in [0.2, 0.25) is 0 Å². The topological polar surface area (TPSA) is 89.3 Å². The lowest BCUT2D eigenvalue weighted by Gasteiger charge is -2.13. The molecule has 1 fully saturated rings. The lowest BCUT2D eigenvalue weighted by Crippen LogP contribution is -2.33. The van der Waals surface area contributed by atoms with Crippen molar-refractivity contribution >= 4 is 15.9 Å². The van der Waals surface area contributed by atoms with Crippen LogP contribution in [0.3, 0.4) is 0 Å². The molecule has 0 bridgehead atoms. The van der Waals surface area contributed by atoms with Crippen molar-refractivity contribution in [2.24, 2.45) is 11.1 Å². The van der Waals surface area contributed by atoms with Crippen molar-refractivity contribution in [3.63, 3.8) is 0 Å². The molecule has 8 heteroatoms. The van der Waals surface area contributed by atoms with Crippen LogP contribution in [0.5, 0.6) is 0 Å². The quantitative estimate of drug-likeness (QED) is 0.885. The van der Waals surface area contributed by atoms with Crippen LogP contribution in [0.15, 0.2) is 17.0 Å². The number of primary sulfonamides is 1. The summed E-state index contributed by atoms with van der Waals surface area (Å²) in [7, 11) is -4.36. The molecular formula is C13H16F2N2O3S. The molecule has 1 amide bonds. The first-order valence-corrected chi connectivity index (χ1v) is 8.06. The zero-order valence-electron chi connectivity index (χ0n) is 11.4. The predicted molar refractivity (Wildman–Crippen MR) is 72.0 cm³/mol. The summed E-state index contributed by atoms with van der Waals surface area (Å²) in [5, 5.41) is 7.46. The molecule has 1 aromatic carbocycles. The molecule has 0 heterocycles. The predicted octanol–water partition coefficient (Wildman–Crippen LogP) is 1.53. The normalized spacial score (nSPS) is 22.3. The summed E-state index contributed by atoms with van der Waals surface area (Å²) >= 11 is 0. The minimum absolute atomic E-state index is 0.0881. The molecule has 0 aromatic heterocycles. The van der Waals surface area contributed by atoms with Crippen LogP contribution in [0.25, 0.3) is 0 Å². The highest BCUT2D eigenvalue weighted by molar-refractivity contribution is 7.89. The van der Waals surface area contributed by atoms with Crippen LogP contribution in [0, 0.1) is 17.6 Å². The van der Waals surface area contributed by atoms with E-state index < -0.39 is 38.0 Å². The number of amides is 1. The van der Waals surface area contributed by atoms with E-state index in [4.69, 9.17) is 5.14 Å². The van der Waals surface area contributed by atoms with E-state index in [-0.39, 0.29) is 6.04 Å². The number of carbonyl (C=O) groups excluding carboxylic acids is 1. The number of nitrogens with one attached hydrogen (secondary N) is 1. The van der Waals surface area contributed by atoms with Crippen molar-refractivity contribution in [1.29, 1.82) is 0 Å². The second-order valence-electron chi connectivity index (χ2n) is 5.40. The summed E-state index contributed by atoms with van der Waals surface area (Å²) in [6.07, 6.45) is 2.51. The Morgan fingerprint density at radius 3 is 2.48 bits per heavy atom. The van der Waals surface area contributed by atoms with Crippen molar-refractivity contribution in [2.45, 2.75) is 37.1 Å². The van der Waals surface area contributed by atoms with Crippen molar-refractivity contribution in [3.8, 4) is 0 Å². The van der Waals surface area contributed by atoms with E-state index >= 15 is 0 Å². The Labute approximate surface area is 121 Å². The van der Waals surface area contributed by atoms with E-state index in [9.17, 15) is 22.0 Å². The average molecular weight is 318 g/mol. The van der Waals surface area contributed by atoms with Crippen molar-refractivity contribution < 1.29 is 22.0 Å². The first-order valence-electron chi connectivity index (χ1n) is 6.51. The minimum Gasteiger partial charge on any atom is -0.349 e. The van der Waals surface area contributed by atoms with Crippen LogP contribution in [-0.2, 0) is 10.0 Å². The van der Waals surface area contributed by atoms with Crippen molar-refractivity contribution in [3.05, 3.63) is 29.3 Å². The molecule has 21 heavy (non-hydrogen) atoms. The molecule has 1 aromatic rings. The van der Waals surface area contributed by atoms with E-state index in [1.807, 2.05) is 6.92 Å². The minimum atomic E-state index is -4.36. The van der Waals surface area contributed by atoms with Gasteiger partial charge in [-0.25, -0.2) is 22.3 Å². The second kappa shape index (κ2) is 5.69. The van der Waals surface area contributed by atoms with Crippen molar-refractivity contribution in [2.75, 3.05) is 0 Å². The van der Waals surface area contributed by atoms with Gasteiger partial charge in [-0.05, 0) is 31.2 Å². The van der Waals surface area contributed by atoms with Gasteiger partial charge < -0.3 is 5.32 Å². The first kappa shape index (κ1) is 15.8. The lowest BCUT2D eigenvalue weighted by atomic mass is 10.1. The van der Waals surface area contributed by atoms with Gasteiger partial charge in [0.25, 0.3) is 5.91 Å². The average Bonchev–Trinajstić information content (AvgIpc) is 2.72. The third-order valence-electron chi connectivity index (χ3n) is 3.60. The highest BCUT2D eigenvalue weighted by atomic mass is 32.2. The SMILES string of the molecule is CC1CCC(NC(=O)c2cc(S(N)(=O)=O)c(F)cc2F)C1. The largest absolute Gasteiger partial charge is 0.349 e. The number of sulfonamides is 1. The zero-order chi connectivity index (χ0) is 15.8. The monoisotopic (exact) mass is 318 g/mol. The zero-order valence-corrected chi connectivity index (χ0v) is 12.2. The molecule has 3 N–H and O–H groups in total. The number of carbonyl (C=O) groups is 1. The maximum absolute atomic E-state index is 13.7.